The molecule has 3 N–H and O–H groups in total. The molecule has 4 aromatic rings. The molecule has 0 bridgehead atoms. The molecule has 5 rings (SSSR count). The third-order valence-corrected chi connectivity index (χ3v) is 6.61. The van der Waals surface area contributed by atoms with Gasteiger partial charge in [0, 0.05) is 47.0 Å². The van der Waals surface area contributed by atoms with E-state index >= 15 is 0 Å². The number of fused-ring (bicyclic) bond motifs is 1. The predicted octanol–water partition coefficient (Wildman–Crippen LogP) is 4.75. The molecule has 3 aromatic heterocycles. The highest BCUT2D eigenvalue weighted by molar-refractivity contribution is 6.31. The summed E-state index contributed by atoms with van der Waals surface area (Å²) in [5, 5.41) is 11.2. The molecule has 0 saturated heterocycles. The minimum Gasteiger partial charge on any atom is -0.365 e. The zero-order valence-corrected chi connectivity index (χ0v) is 20.0. The van der Waals surface area contributed by atoms with Crippen LogP contribution in [0.5, 0.6) is 0 Å². The van der Waals surface area contributed by atoms with Crippen LogP contribution >= 0.6 is 11.6 Å². The number of carbonyl (C=O) groups excluding carboxylic acids is 1. The van der Waals surface area contributed by atoms with Gasteiger partial charge < -0.3 is 15.6 Å². The van der Waals surface area contributed by atoms with E-state index in [1.165, 1.54) is 6.07 Å². The van der Waals surface area contributed by atoms with E-state index in [0.29, 0.717) is 23.1 Å². The molecule has 0 aliphatic heterocycles. The Morgan fingerprint density at radius 2 is 2.00 bits per heavy atom. The first-order valence-corrected chi connectivity index (χ1v) is 11.7. The van der Waals surface area contributed by atoms with Crippen LogP contribution in [-0.2, 0) is 7.05 Å². The molecular formula is C24H24ClF2N7O. The molecule has 1 unspecified atom stereocenters. The Labute approximate surface area is 205 Å². The van der Waals surface area contributed by atoms with Crippen LogP contribution in [0.3, 0.4) is 0 Å². The van der Waals surface area contributed by atoms with Crippen molar-refractivity contribution in [2.24, 2.45) is 7.05 Å². The minimum absolute atomic E-state index is 0.0594. The van der Waals surface area contributed by atoms with Gasteiger partial charge in [-0.2, -0.15) is 5.10 Å². The van der Waals surface area contributed by atoms with E-state index in [9.17, 15) is 13.6 Å². The van der Waals surface area contributed by atoms with E-state index in [1.54, 1.807) is 30.1 Å². The Bertz CT molecular complexity index is 1400. The zero-order valence-electron chi connectivity index (χ0n) is 19.2. The number of nitrogens with zero attached hydrogens (tertiary/aromatic N) is 4. The summed E-state index contributed by atoms with van der Waals surface area (Å²) in [6, 6.07) is 4.42. The second kappa shape index (κ2) is 9.26. The van der Waals surface area contributed by atoms with Gasteiger partial charge in [-0.15, -0.1) is 0 Å². The fourth-order valence-electron chi connectivity index (χ4n) is 4.51. The molecule has 8 nitrogen and oxygen atoms in total. The van der Waals surface area contributed by atoms with Gasteiger partial charge in [-0.1, -0.05) is 11.6 Å². The zero-order chi connectivity index (χ0) is 24.7. The molecule has 182 valence electrons. The van der Waals surface area contributed by atoms with E-state index < -0.39 is 11.6 Å². The maximum atomic E-state index is 14.6. The molecule has 1 fully saturated rings. The summed E-state index contributed by atoms with van der Waals surface area (Å²) in [7, 11) is 1.79. The fourth-order valence-corrected chi connectivity index (χ4v) is 4.72. The highest BCUT2D eigenvalue weighted by atomic mass is 35.5. The van der Waals surface area contributed by atoms with Crippen LogP contribution in [0.25, 0.3) is 22.3 Å². The largest absolute Gasteiger partial charge is 0.365 e. The van der Waals surface area contributed by atoms with Gasteiger partial charge in [-0.25, -0.2) is 18.7 Å². The van der Waals surface area contributed by atoms with Crippen molar-refractivity contribution in [3.05, 3.63) is 58.6 Å². The summed E-state index contributed by atoms with van der Waals surface area (Å²) in [5.41, 5.74) is 2.07. The smallest absolute Gasteiger partial charge is 0.272 e. The van der Waals surface area contributed by atoms with Gasteiger partial charge in [0.05, 0.1) is 11.7 Å². The van der Waals surface area contributed by atoms with E-state index in [2.05, 4.69) is 30.7 Å². The van der Waals surface area contributed by atoms with Crippen LogP contribution in [0.1, 0.15) is 41.9 Å². The van der Waals surface area contributed by atoms with Crippen molar-refractivity contribution >= 4 is 34.2 Å². The number of benzene rings is 1. The van der Waals surface area contributed by atoms with Crippen LogP contribution in [-0.4, -0.2) is 42.7 Å². The van der Waals surface area contributed by atoms with Crippen LogP contribution in [0.4, 0.5) is 14.6 Å². The highest BCUT2D eigenvalue weighted by Crippen LogP contribution is 2.32. The second-order valence-corrected chi connectivity index (χ2v) is 9.31. The van der Waals surface area contributed by atoms with Crippen molar-refractivity contribution in [1.29, 1.82) is 0 Å². The molecule has 1 aliphatic carbocycles. The standard InChI is InChI=1S/C24H24ClF2N7O/c1-12-6-20(33-34(12)2)24(35)31-15-5-3-4-14(9-15)30-23-19(27)11-29-22(32-23)17-10-28-21-16(17)7-13(25)8-18(21)26/h6-8,10-11,14-15,28H,3-5,9H2,1-2H3,(H,31,35)(H,29,30,32)/t14-,15?/m0/s1. The third kappa shape index (κ3) is 4.70. The van der Waals surface area contributed by atoms with Crippen LogP contribution in [0.15, 0.2) is 30.6 Å². The maximum absolute atomic E-state index is 14.6. The molecule has 1 saturated carbocycles. The Kier molecular flexibility index (Phi) is 6.14. The van der Waals surface area contributed by atoms with Crippen molar-refractivity contribution in [2.75, 3.05) is 5.32 Å². The number of anilines is 1. The monoisotopic (exact) mass is 499 g/mol. The molecule has 1 aliphatic rings. The molecule has 35 heavy (non-hydrogen) atoms. The maximum Gasteiger partial charge on any atom is 0.272 e. The molecule has 2 atom stereocenters. The molecule has 3 heterocycles. The molecule has 0 spiro atoms. The van der Waals surface area contributed by atoms with Crippen LogP contribution < -0.4 is 10.6 Å². The van der Waals surface area contributed by atoms with Crippen LogP contribution in [0.2, 0.25) is 5.02 Å². The van der Waals surface area contributed by atoms with Gasteiger partial charge in [0.25, 0.3) is 5.91 Å². The third-order valence-electron chi connectivity index (χ3n) is 6.39. The van der Waals surface area contributed by atoms with Crippen molar-refractivity contribution < 1.29 is 13.6 Å². The van der Waals surface area contributed by atoms with E-state index in [1.807, 2.05) is 6.92 Å². The lowest BCUT2D eigenvalue weighted by Gasteiger charge is -2.30. The number of aromatic amines is 1. The number of H-pyrrole nitrogens is 1. The highest BCUT2D eigenvalue weighted by Gasteiger charge is 2.26. The first kappa shape index (κ1) is 23.2. The van der Waals surface area contributed by atoms with Crippen molar-refractivity contribution in [3.8, 4) is 11.4 Å². The van der Waals surface area contributed by atoms with Gasteiger partial charge in [0.2, 0.25) is 0 Å². The summed E-state index contributed by atoms with van der Waals surface area (Å²) >= 11 is 6.02. The number of hydrogen-bond acceptors (Lipinski definition) is 5. The Morgan fingerprint density at radius 1 is 1.20 bits per heavy atom. The van der Waals surface area contributed by atoms with E-state index in [0.717, 1.165) is 31.2 Å². The first-order valence-electron chi connectivity index (χ1n) is 11.4. The normalized spacial score (nSPS) is 18.1. The number of rotatable bonds is 5. The van der Waals surface area contributed by atoms with E-state index in [4.69, 9.17) is 11.6 Å². The summed E-state index contributed by atoms with van der Waals surface area (Å²) in [6.45, 7) is 1.89. The number of carbonyl (C=O) groups is 1. The summed E-state index contributed by atoms with van der Waals surface area (Å²) in [4.78, 5) is 24.0. The molecule has 11 heteroatoms. The average molecular weight is 500 g/mol. The quantitative estimate of drug-likeness (QED) is 0.368. The second-order valence-electron chi connectivity index (χ2n) is 8.88. The lowest BCUT2D eigenvalue weighted by molar-refractivity contribution is 0.0920. The summed E-state index contributed by atoms with van der Waals surface area (Å²) in [5.74, 6) is -0.999. The van der Waals surface area contributed by atoms with Gasteiger partial charge in [-0.3, -0.25) is 9.48 Å². The predicted molar refractivity (Wildman–Crippen MR) is 129 cm³/mol. The van der Waals surface area contributed by atoms with Gasteiger partial charge in [0.15, 0.2) is 17.5 Å². The number of halogens is 3. The first-order chi connectivity index (χ1) is 16.8. The lowest BCUT2D eigenvalue weighted by Crippen LogP contribution is -2.42. The Hall–Kier alpha value is -3.53. The number of aromatic nitrogens is 5. The van der Waals surface area contributed by atoms with Crippen molar-refractivity contribution in [3.63, 3.8) is 0 Å². The molecular weight excluding hydrogens is 476 g/mol. The van der Waals surface area contributed by atoms with Crippen molar-refractivity contribution in [1.82, 2.24) is 30.0 Å². The van der Waals surface area contributed by atoms with E-state index in [-0.39, 0.29) is 40.2 Å². The number of nitrogens with one attached hydrogen (secondary N) is 3. The SMILES string of the molecule is Cc1cc(C(=O)NC2CCC[C@H](Nc3nc(-c4c[nH]c5c(F)cc(Cl)cc45)ncc3F)C2)nn1C. The lowest BCUT2D eigenvalue weighted by atomic mass is 9.91. The number of hydrogen-bond donors (Lipinski definition) is 3. The molecule has 1 amide bonds. The summed E-state index contributed by atoms with van der Waals surface area (Å²) in [6.07, 6.45) is 5.78. The van der Waals surface area contributed by atoms with Gasteiger partial charge >= 0.3 is 0 Å². The fraction of sp³-hybridized carbons (Fsp3) is 0.333. The van der Waals surface area contributed by atoms with Crippen molar-refractivity contribution in [2.45, 2.75) is 44.7 Å². The average Bonchev–Trinajstić information content (AvgIpc) is 3.39. The minimum atomic E-state index is -0.590. The Morgan fingerprint density at radius 3 is 2.77 bits per heavy atom. The molecule has 1 aromatic carbocycles. The topological polar surface area (TPSA) is 101 Å². The summed E-state index contributed by atoms with van der Waals surface area (Å²) < 4.78 is 30.5. The van der Waals surface area contributed by atoms with Gasteiger partial charge in [0.1, 0.15) is 11.5 Å². The Balaban J connectivity index is 1.32. The number of amides is 1. The molecule has 0 radical (unpaired) electrons. The van der Waals surface area contributed by atoms with Gasteiger partial charge in [-0.05, 0) is 50.8 Å². The van der Waals surface area contributed by atoms with Crippen LogP contribution in [0, 0.1) is 18.6 Å². The number of aryl methyl sites for hydroxylation is 2.